The molecule has 0 aromatic carbocycles. The van der Waals surface area contributed by atoms with Gasteiger partial charge in [0.1, 0.15) is 0 Å². The fourth-order valence-electron chi connectivity index (χ4n) is 1.19. The van der Waals surface area contributed by atoms with Gasteiger partial charge in [0, 0.05) is 5.38 Å². The van der Waals surface area contributed by atoms with Crippen LogP contribution in [0.15, 0.2) is 22.4 Å². The third-order valence-corrected chi connectivity index (χ3v) is 2.83. The molecular weight excluding hydrogens is 252 g/mol. The second-order valence-electron chi connectivity index (χ2n) is 3.24. The molecule has 0 unspecified atom stereocenters. The van der Waals surface area contributed by atoms with Crippen molar-refractivity contribution in [1.82, 2.24) is 15.5 Å². The van der Waals surface area contributed by atoms with Crippen LogP contribution >= 0.6 is 11.3 Å². The van der Waals surface area contributed by atoms with Crippen LogP contribution < -0.4 is 11.1 Å². The third kappa shape index (κ3) is 3.16. The predicted octanol–water partition coefficient (Wildman–Crippen LogP) is 0.371. The second-order valence-corrected chi connectivity index (χ2v) is 4.15. The van der Waals surface area contributed by atoms with Crippen LogP contribution in [0.4, 0.5) is 0 Å². The molecule has 2 aromatic heterocycles. The predicted molar refractivity (Wildman–Crippen MR) is 65.7 cm³/mol. The molecule has 0 fully saturated rings. The van der Waals surface area contributed by atoms with Crippen LogP contribution in [0.25, 0.3) is 0 Å². The van der Waals surface area contributed by atoms with Gasteiger partial charge in [0.05, 0.1) is 23.5 Å². The van der Waals surface area contributed by atoms with Crippen molar-refractivity contribution in [2.24, 2.45) is 5.73 Å². The minimum absolute atomic E-state index is 0.197. The van der Waals surface area contributed by atoms with Gasteiger partial charge in [0.2, 0.25) is 6.39 Å². The lowest BCUT2D eigenvalue weighted by Gasteiger charge is -1.98. The van der Waals surface area contributed by atoms with Crippen molar-refractivity contribution in [2.45, 2.75) is 6.54 Å². The summed E-state index contributed by atoms with van der Waals surface area (Å²) in [6, 6.07) is 1.72. The summed E-state index contributed by atoms with van der Waals surface area (Å²) in [5.74, 6) is 5.84. The number of carbonyl (C=O) groups is 1. The van der Waals surface area contributed by atoms with E-state index < -0.39 is 0 Å². The number of nitrogens with one attached hydrogen (secondary N) is 1. The number of aromatic nitrogens is 2. The van der Waals surface area contributed by atoms with Gasteiger partial charge in [-0.3, -0.25) is 4.79 Å². The first-order valence-electron chi connectivity index (χ1n) is 5.10. The number of hydrogen-bond donors (Lipinski definition) is 2. The van der Waals surface area contributed by atoms with Crippen LogP contribution in [0.5, 0.6) is 0 Å². The van der Waals surface area contributed by atoms with E-state index in [4.69, 9.17) is 5.73 Å². The molecule has 0 aliphatic carbocycles. The van der Waals surface area contributed by atoms with Crippen molar-refractivity contribution in [3.63, 3.8) is 0 Å². The number of nitrogens with zero attached hydrogens (tertiary/aromatic N) is 2. The molecule has 7 heteroatoms. The SMILES string of the molecule is NCC#Cc1cc(C(=O)NCc2ncon2)cs1. The minimum Gasteiger partial charge on any atom is -0.345 e. The zero-order valence-corrected chi connectivity index (χ0v) is 10.2. The Balaban J connectivity index is 1.94. The highest BCUT2D eigenvalue weighted by atomic mass is 32.1. The molecule has 2 heterocycles. The number of nitrogens with two attached hydrogens (primary N) is 1. The molecule has 0 aliphatic rings. The van der Waals surface area contributed by atoms with Gasteiger partial charge in [-0.1, -0.05) is 17.0 Å². The van der Waals surface area contributed by atoms with E-state index in [0.717, 1.165) is 4.88 Å². The molecule has 2 aromatic rings. The highest BCUT2D eigenvalue weighted by Crippen LogP contribution is 2.13. The van der Waals surface area contributed by atoms with E-state index in [1.54, 1.807) is 11.4 Å². The van der Waals surface area contributed by atoms with Gasteiger partial charge in [0.15, 0.2) is 5.82 Å². The number of hydrogen-bond acceptors (Lipinski definition) is 6. The molecule has 0 saturated heterocycles. The van der Waals surface area contributed by atoms with Crippen LogP contribution in [-0.2, 0) is 6.54 Å². The molecule has 18 heavy (non-hydrogen) atoms. The highest BCUT2D eigenvalue weighted by Gasteiger charge is 2.08. The number of amides is 1. The standard InChI is InChI=1S/C11H10N4O2S/c12-3-1-2-9-4-8(6-18-9)11(16)13-5-10-14-7-17-15-10/h4,6-7H,3,5,12H2,(H,13,16). The van der Waals surface area contributed by atoms with E-state index in [0.29, 0.717) is 17.9 Å². The minimum atomic E-state index is -0.197. The van der Waals surface area contributed by atoms with Gasteiger partial charge in [-0.25, -0.2) is 0 Å². The first-order valence-corrected chi connectivity index (χ1v) is 5.98. The summed E-state index contributed by atoms with van der Waals surface area (Å²) < 4.78 is 4.56. The van der Waals surface area contributed by atoms with Crippen LogP contribution in [-0.4, -0.2) is 22.6 Å². The Morgan fingerprint density at radius 2 is 2.50 bits per heavy atom. The van der Waals surface area contributed by atoms with Crippen molar-refractivity contribution < 1.29 is 9.32 Å². The van der Waals surface area contributed by atoms with Crippen LogP contribution in [0.3, 0.4) is 0 Å². The summed E-state index contributed by atoms with van der Waals surface area (Å²) in [6.45, 7) is 0.534. The monoisotopic (exact) mass is 262 g/mol. The molecule has 3 N–H and O–H groups in total. The maximum Gasteiger partial charge on any atom is 0.252 e. The Morgan fingerprint density at radius 1 is 1.61 bits per heavy atom. The molecule has 2 rings (SSSR count). The number of thiophene rings is 1. The highest BCUT2D eigenvalue weighted by molar-refractivity contribution is 7.10. The summed E-state index contributed by atoms with van der Waals surface area (Å²) in [6.07, 6.45) is 1.21. The summed E-state index contributed by atoms with van der Waals surface area (Å²) in [7, 11) is 0. The molecular formula is C11H10N4O2S. The second kappa shape index (κ2) is 5.95. The van der Waals surface area contributed by atoms with Crippen molar-refractivity contribution >= 4 is 17.2 Å². The molecule has 92 valence electrons. The van der Waals surface area contributed by atoms with E-state index in [1.807, 2.05) is 0 Å². The first kappa shape index (κ1) is 12.3. The first-order chi connectivity index (χ1) is 8.79. The van der Waals surface area contributed by atoms with Gasteiger partial charge in [-0.15, -0.1) is 11.3 Å². The van der Waals surface area contributed by atoms with Crippen molar-refractivity contribution in [3.05, 3.63) is 34.1 Å². The lowest BCUT2D eigenvalue weighted by atomic mass is 10.3. The summed E-state index contributed by atoms with van der Waals surface area (Å²) >= 11 is 1.40. The van der Waals surface area contributed by atoms with Crippen molar-refractivity contribution in [1.29, 1.82) is 0 Å². The lowest BCUT2D eigenvalue weighted by molar-refractivity contribution is 0.0950. The fourth-order valence-corrected chi connectivity index (χ4v) is 1.95. The van der Waals surface area contributed by atoms with E-state index in [-0.39, 0.29) is 12.5 Å². The molecule has 0 bridgehead atoms. The zero-order chi connectivity index (χ0) is 12.8. The Morgan fingerprint density at radius 3 is 3.22 bits per heavy atom. The molecule has 6 nitrogen and oxygen atoms in total. The summed E-state index contributed by atoms with van der Waals surface area (Å²) in [4.78, 5) is 16.4. The lowest BCUT2D eigenvalue weighted by Crippen LogP contribution is -2.22. The van der Waals surface area contributed by atoms with E-state index in [2.05, 4.69) is 31.8 Å². The molecule has 1 amide bonds. The van der Waals surface area contributed by atoms with E-state index >= 15 is 0 Å². The van der Waals surface area contributed by atoms with Gasteiger partial charge in [-0.05, 0) is 6.07 Å². The van der Waals surface area contributed by atoms with Gasteiger partial charge >= 0.3 is 0 Å². The van der Waals surface area contributed by atoms with E-state index in [1.165, 1.54) is 17.7 Å². The number of carbonyl (C=O) groups excluding carboxylic acids is 1. The molecule has 0 atom stereocenters. The average molecular weight is 262 g/mol. The van der Waals surface area contributed by atoms with Gasteiger partial charge < -0.3 is 15.6 Å². The Labute approximate surface area is 107 Å². The van der Waals surface area contributed by atoms with Crippen LogP contribution in [0.1, 0.15) is 21.1 Å². The maximum atomic E-state index is 11.8. The van der Waals surface area contributed by atoms with E-state index in [9.17, 15) is 4.79 Å². The van der Waals surface area contributed by atoms with Gasteiger partial charge in [0.25, 0.3) is 5.91 Å². The third-order valence-electron chi connectivity index (χ3n) is 1.99. The quantitative estimate of drug-likeness (QED) is 0.779. The van der Waals surface area contributed by atoms with Crippen molar-refractivity contribution in [2.75, 3.05) is 6.54 Å². The smallest absolute Gasteiger partial charge is 0.252 e. The van der Waals surface area contributed by atoms with Gasteiger partial charge in [-0.2, -0.15) is 4.98 Å². The Hall–Kier alpha value is -2.17. The molecule has 0 spiro atoms. The Bertz CT molecular complexity index is 580. The molecule has 0 radical (unpaired) electrons. The fraction of sp³-hybridized carbons (Fsp3) is 0.182. The topological polar surface area (TPSA) is 94.0 Å². The zero-order valence-electron chi connectivity index (χ0n) is 9.34. The molecule has 0 saturated carbocycles. The Kier molecular flexibility index (Phi) is 4.06. The van der Waals surface area contributed by atoms with Crippen LogP contribution in [0.2, 0.25) is 0 Å². The van der Waals surface area contributed by atoms with Crippen molar-refractivity contribution in [3.8, 4) is 11.8 Å². The normalized spacial score (nSPS) is 9.61. The average Bonchev–Trinajstić information content (AvgIpc) is 3.04. The maximum absolute atomic E-state index is 11.8. The summed E-state index contributed by atoms with van der Waals surface area (Å²) in [5.41, 5.74) is 5.83. The molecule has 0 aliphatic heterocycles. The largest absolute Gasteiger partial charge is 0.345 e. The van der Waals surface area contributed by atoms with Crippen LogP contribution in [0, 0.1) is 11.8 Å². The summed E-state index contributed by atoms with van der Waals surface area (Å²) in [5, 5.41) is 8.02. The number of rotatable bonds is 3.